The van der Waals surface area contributed by atoms with Gasteiger partial charge >= 0.3 is 0 Å². The Labute approximate surface area is 125 Å². The number of nitrogens with two attached hydrogens (primary N) is 1. The topological polar surface area (TPSA) is 55.1 Å². The Morgan fingerprint density at radius 2 is 1.85 bits per heavy atom. The molecule has 3 nitrogen and oxygen atoms in total. The van der Waals surface area contributed by atoms with Crippen molar-refractivity contribution in [2.75, 3.05) is 5.32 Å². The Hall–Kier alpha value is -1.98. The third-order valence-electron chi connectivity index (χ3n) is 2.62. The summed E-state index contributed by atoms with van der Waals surface area (Å²) in [4.78, 5) is 12.2. The molecule has 0 aliphatic rings. The summed E-state index contributed by atoms with van der Waals surface area (Å²) in [6, 6.07) is 10.9. The number of rotatable bonds is 3. The molecule has 2 aromatic rings. The molecule has 0 atom stereocenters. The molecular formula is C14H10ClFN2OS. The number of anilines is 1. The van der Waals surface area contributed by atoms with Crippen molar-refractivity contribution in [3.63, 3.8) is 0 Å². The van der Waals surface area contributed by atoms with Crippen LogP contribution in [0.3, 0.4) is 0 Å². The van der Waals surface area contributed by atoms with Gasteiger partial charge in [-0.15, -0.1) is 0 Å². The van der Waals surface area contributed by atoms with E-state index in [9.17, 15) is 9.18 Å². The van der Waals surface area contributed by atoms with Crippen LogP contribution in [0.4, 0.5) is 10.1 Å². The predicted octanol–water partition coefficient (Wildman–Crippen LogP) is 3.37. The first-order chi connectivity index (χ1) is 9.49. The van der Waals surface area contributed by atoms with E-state index in [1.165, 1.54) is 18.2 Å². The predicted molar refractivity (Wildman–Crippen MR) is 81.7 cm³/mol. The van der Waals surface area contributed by atoms with Crippen molar-refractivity contribution in [3.8, 4) is 0 Å². The maximum atomic E-state index is 13.7. The molecule has 102 valence electrons. The van der Waals surface area contributed by atoms with Gasteiger partial charge in [0.05, 0.1) is 10.6 Å². The second-order valence-corrected chi connectivity index (χ2v) is 4.84. The lowest BCUT2D eigenvalue weighted by molar-refractivity contribution is 0.102. The summed E-state index contributed by atoms with van der Waals surface area (Å²) in [7, 11) is 0. The van der Waals surface area contributed by atoms with E-state index in [1.54, 1.807) is 24.3 Å². The molecule has 3 N–H and O–H groups in total. The fourth-order valence-corrected chi connectivity index (χ4v) is 1.91. The van der Waals surface area contributed by atoms with Crippen LogP contribution < -0.4 is 11.1 Å². The zero-order valence-corrected chi connectivity index (χ0v) is 11.8. The molecule has 0 radical (unpaired) electrons. The van der Waals surface area contributed by atoms with Gasteiger partial charge in [-0.3, -0.25) is 4.79 Å². The van der Waals surface area contributed by atoms with Crippen LogP contribution in [-0.2, 0) is 0 Å². The van der Waals surface area contributed by atoms with Crippen molar-refractivity contribution in [1.29, 1.82) is 0 Å². The third kappa shape index (κ3) is 3.12. The number of hydrogen-bond donors (Lipinski definition) is 2. The lowest BCUT2D eigenvalue weighted by atomic mass is 10.1. The Bertz CT molecular complexity index is 673. The molecule has 0 aliphatic carbocycles. The van der Waals surface area contributed by atoms with E-state index in [0.717, 1.165) is 0 Å². The molecule has 2 aromatic carbocycles. The van der Waals surface area contributed by atoms with Gasteiger partial charge in [-0.25, -0.2) is 4.39 Å². The molecule has 0 spiro atoms. The molecule has 0 aromatic heterocycles. The van der Waals surface area contributed by atoms with E-state index < -0.39 is 11.7 Å². The Balaban J connectivity index is 2.19. The monoisotopic (exact) mass is 308 g/mol. The average Bonchev–Trinajstić information content (AvgIpc) is 2.42. The highest BCUT2D eigenvalue weighted by Crippen LogP contribution is 2.19. The standard InChI is InChI=1S/C14H10ClFN2OS/c15-11-3-1-2-10(12(11)16)14(19)18-9-6-4-8(5-7-9)13(17)20/h1-7H,(H2,17,20)(H,18,19). The van der Waals surface area contributed by atoms with E-state index in [-0.39, 0.29) is 15.6 Å². The van der Waals surface area contributed by atoms with Gasteiger partial charge in [-0.05, 0) is 36.4 Å². The fourth-order valence-electron chi connectivity index (χ4n) is 1.60. The zero-order chi connectivity index (χ0) is 14.7. The molecule has 0 heterocycles. The van der Waals surface area contributed by atoms with Crippen molar-refractivity contribution in [2.24, 2.45) is 5.73 Å². The molecule has 0 saturated carbocycles. The quantitative estimate of drug-likeness (QED) is 0.855. The molecule has 1 amide bonds. The third-order valence-corrected chi connectivity index (χ3v) is 3.15. The molecule has 6 heteroatoms. The Kier molecular flexibility index (Phi) is 4.32. The maximum absolute atomic E-state index is 13.7. The van der Waals surface area contributed by atoms with Gasteiger partial charge in [0, 0.05) is 11.3 Å². The van der Waals surface area contributed by atoms with E-state index >= 15 is 0 Å². The minimum absolute atomic E-state index is 0.0959. The smallest absolute Gasteiger partial charge is 0.258 e. The Morgan fingerprint density at radius 3 is 2.45 bits per heavy atom. The van der Waals surface area contributed by atoms with Crippen molar-refractivity contribution in [2.45, 2.75) is 0 Å². The number of carbonyl (C=O) groups is 1. The molecule has 0 unspecified atom stereocenters. The van der Waals surface area contributed by atoms with Crippen molar-refractivity contribution < 1.29 is 9.18 Å². The molecule has 0 saturated heterocycles. The normalized spacial score (nSPS) is 10.1. The van der Waals surface area contributed by atoms with Gasteiger partial charge in [0.1, 0.15) is 4.99 Å². The minimum Gasteiger partial charge on any atom is -0.389 e. The number of nitrogens with one attached hydrogen (secondary N) is 1. The van der Waals surface area contributed by atoms with E-state index in [1.807, 2.05) is 0 Å². The molecule has 0 bridgehead atoms. The van der Waals surface area contributed by atoms with Crippen LogP contribution in [0.15, 0.2) is 42.5 Å². The largest absolute Gasteiger partial charge is 0.389 e. The highest BCUT2D eigenvalue weighted by atomic mass is 35.5. The van der Waals surface area contributed by atoms with Crippen molar-refractivity contribution in [3.05, 3.63) is 64.4 Å². The summed E-state index contributed by atoms with van der Waals surface area (Å²) in [5.74, 6) is -1.32. The van der Waals surface area contributed by atoms with Crippen LogP contribution >= 0.6 is 23.8 Å². The lowest BCUT2D eigenvalue weighted by Crippen LogP contribution is -2.14. The number of carbonyl (C=O) groups excluding carboxylic acids is 1. The van der Waals surface area contributed by atoms with Gasteiger partial charge in [0.25, 0.3) is 5.91 Å². The summed E-state index contributed by atoms with van der Waals surface area (Å²) in [6.45, 7) is 0. The highest BCUT2D eigenvalue weighted by Gasteiger charge is 2.14. The van der Waals surface area contributed by atoms with E-state index in [2.05, 4.69) is 5.32 Å². The number of hydrogen-bond acceptors (Lipinski definition) is 2. The summed E-state index contributed by atoms with van der Waals surface area (Å²) in [5.41, 5.74) is 6.55. The SMILES string of the molecule is NC(=S)c1ccc(NC(=O)c2cccc(Cl)c2F)cc1. The van der Waals surface area contributed by atoms with Crippen LogP contribution in [0.5, 0.6) is 0 Å². The summed E-state index contributed by atoms with van der Waals surface area (Å²) in [6.07, 6.45) is 0. The summed E-state index contributed by atoms with van der Waals surface area (Å²) in [5, 5.41) is 2.47. The van der Waals surface area contributed by atoms with Gasteiger partial charge in [-0.2, -0.15) is 0 Å². The first-order valence-electron chi connectivity index (χ1n) is 5.64. The van der Waals surface area contributed by atoms with Crippen LogP contribution in [0.25, 0.3) is 0 Å². The van der Waals surface area contributed by atoms with Gasteiger partial charge < -0.3 is 11.1 Å². The van der Waals surface area contributed by atoms with Gasteiger partial charge in [-0.1, -0.05) is 29.9 Å². The molecule has 0 aliphatic heterocycles. The van der Waals surface area contributed by atoms with E-state index in [4.69, 9.17) is 29.6 Å². The average molecular weight is 309 g/mol. The second kappa shape index (κ2) is 5.98. The first-order valence-corrected chi connectivity index (χ1v) is 6.43. The summed E-state index contributed by atoms with van der Waals surface area (Å²) >= 11 is 10.5. The van der Waals surface area contributed by atoms with Crippen LogP contribution in [0.1, 0.15) is 15.9 Å². The van der Waals surface area contributed by atoms with Crippen molar-refractivity contribution >= 4 is 40.4 Å². The minimum atomic E-state index is -0.744. The number of halogens is 2. The first kappa shape index (κ1) is 14.4. The van der Waals surface area contributed by atoms with Gasteiger partial charge in [0.15, 0.2) is 5.82 Å². The van der Waals surface area contributed by atoms with Crippen LogP contribution in [0, 0.1) is 5.82 Å². The summed E-state index contributed by atoms with van der Waals surface area (Å²) < 4.78 is 13.7. The number of benzene rings is 2. The van der Waals surface area contributed by atoms with Gasteiger partial charge in [0.2, 0.25) is 0 Å². The zero-order valence-electron chi connectivity index (χ0n) is 10.2. The van der Waals surface area contributed by atoms with E-state index in [0.29, 0.717) is 11.3 Å². The lowest BCUT2D eigenvalue weighted by Gasteiger charge is -2.07. The molecular weight excluding hydrogens is 299 g/mol. The van der Waals surface area contributed by atoms with Crippen LogP contribution in [0.2, 0.25) is 5.02 Å². The molecule has 20 heavy (non-hydrogen) atoms. The van der Waals surface area contributed by atoms with Crippen molar-refractivity contribution in [1.82, 2.24) is 0 Å². The molecule has 2 rings (SSSR count). The number of thiocarbonyl (C=S) groups is 1. The van der Waals surface area contributed by atoms with Crippen LogP contribution in [-0.4, -0.2) is 10.9 Å². The molecule has 0 fully saturated rings. The fraction of sp³-hybridized carbons (Fsp3) is 0. The second-order valence-electron chi connectivity index (χ2n) is 4.00. The maximum Gasteiger partial charge on any atom is 0.258 e. The number of amides is 1. The Morgan fingerprint density at radius 1 is 1.20 bits per heavy atom. The highest BCUT2D eigenvalue weighted by molar-refractivity contribution is 7.80.